The quantitative estimate of drug-likeness (QED) is 0.845. The van der Waals surface area contributed by atoms with Gasteiger partial charge in [0.05, 0.1) is 12.0 Å². The molecule has 1 atom stereocenters. The van der Waals surface area contributed by atoms with Crippen LogP contribution in [0.5, 0.6) is 0 Å². The van der Waals surface area contributed by atoms with Gasteiger partial charge in [-0.1, -0.05) is 0 Å². The summed E-state index contributed by atoms with van der Waals surface area (Å²) in [6, 6.07) is 13.6. The fourth-order valence-corrected chi connectivity index (χ4v) is 2.19. The molecule has 1 amide bonds. The van der Waals surface area contributed by atoms with Gasteiger partial charge >= 0.3 is 0 Å². The van der Waals surface area contributed by atoms with Crippen molar-refractivity contribution in [3.8, 4) is 11.8 Å². The first-order valence-corrected chi connectivity index (χ1v) is 7.08. The van der Waals surface area contributed by atoms with E-state index in [9.17, 15) is 4.79 Å². The Balaban J connectivity index is 2.14. The van der Waals surface area contributed by atoms with Crippen molar-refractivity contribution >= 4 is 5.91 Å². The first-order valence-electron chi connectivity index (χ1n) is 7.08. The number of carbonyl (C=O) groups is 1. The van der Waals surface area contributed by atoms with Gasteiger partial charge < -0.3 is 9.47 Å². The summed E-state index contributed by atoms with van der Waals surface area (Å²) in [5, 5.41) is 8.88. The van der Waals surface area contributed by atoms with E-state index < -0.39 is 0 Å². The zero-order valence-electron chi connectivity index (χ0n) is 12.4. The van der Waals surface area contributed by atoms with Crippen LogP contribution in [0.15, 0.2) is 48.8 Å². The molecular weight excluding hydrogens is 262 g/mol. The minimum Gasteiger partial charge on any atom is -0.338 e. The maximum Gasteiger partial charge on any atom is 0.253 e. The van der Waals surface area contributed by atoms with Crippen molar-refractivity contribution in [1.29, 1.82) is 5.26 Å². The van der Waals surface area contributed by atoms with E-state index in [-0.39, 0.29) is 11.8 Å². The number of nitriles is 1. The molecule has 0 aliphatic rings. The lowest BCUT2D eigenvalue weighted by atomic mass is 10.1. The van der Waals surface area contributed by atoms with E-state index in [4.69, 9.17) is 5.26 Å². The second-order valence-corrected chi connectivity index (χ2v) is 5.01. The molecule has 0 radical (unpaired) electrons. The number of hydrogen-bond acceptors (Lipinski definition) is 2. The summed E-state index contributed by atoms with van der Waals surface area (Å²) in [6.45, 7) is 4.82. The maximum atomic E-state index is 12.4. The van der Waals surface area contributed by atoms with Gasteiger partial charge in [-0.3, -0.25) is 4.79 Å². The van der Waals surface area contributed by atoms with E-state index in [0.717, 1.165) is 5.69 Å². The molecule has 4 nitrogen and oxygen atoms in total. The predicted molar refractivity (Wildman–Crippen MR) is 82.1 cm³/mol. The molecule has 2 rings (SSSR count). The van der Waals surface area contributed by atoms with Gasteiger partial charge in [-0.25, -0.2) is 0 Å². The predicted octanol–water partition coefficient (Wildman–Crippen LogP) is 3.10. The largest absolute Gasteiger partial charge is 0.338 e. The van der Waals surface area contributed by atoms with Gasteiger partial charge in [0.25, 0.3) is 5.91 Å². The molecule has 0 aliphatic carbocycles. The highest BCUT2D eigenvalue weighted by molar-refractivity contribution is 5.94. The summed E-state index contributed by atoms with van der Waals surface area (Å²) in [5.74, 6) is -0.188. The van der Waals surface area contributed by atoms with Crippen molar-refractivity contribution in [3.63, 3.8) is 0 Å². The Kier molecular flexibility index (Phi) is 4.78. The molecule has 1 aromatic carbocycles. The zero-order valence-corrected chi connectivity index (χ0v) is 12.4. The minimum absolute atomic E-state index is 0.0290. The molecule has 0 unspecified atom stereocenters. The summed E-state index contributed by atoms with van der Waals surface area (Å²) < 4.78 is 1.99. The molecule has 0 spiro atoms. The Hall–Kier alpha value is -2.54. The van der Waals surface area contributed by atoms with Crippen molar-refractivity contribution < 1.29 is 4.79 Å². The molecule has 1 heterocycles. The molecule has 108 valence electrons. The molecule has 4 heteroatoms. The molecule has 0 saturated carbocycles. The summed E-state index contributed by atoms with van der Waals surface area (Å²) in [6.07, 6.45) is 3.92. The highest BCUT2D eigenvalue weighted by atomic mass is 16.2. The van der Waals surface area contributed by atoms with Gasteiger partial charge in [-0.15, -0.1) is 0 Å². The normalized spacial score (nSPS) is 11.7. The SMILES string of the molecule is CCN(C[C@@H](C)C#N)C(=O)c1ccc(-n2cccc2)cc1. The lowest BCUT2D eigenvalue weighted by Gasteiger charge is -2.22. The number of benzene rings is 1. The van der Waals surface area contributed by atoms with Crippen LogP contribution in [0.4, 0.5) is 0 Å². The number of rotatable bonds is 5. The van der Waals surface area contributed by atoms with Crippen molar-refractivity contribution in [2.24, 2.45) is 5.92 Å². The number of amides is 1. The van der Waals surface area contributed by atoms with Gasteiger partial charge in [0, 0.05) is 36.7 Å². The van der Waals surface area contributed by atoms with Gasteiger partial charge in [0.15, 0.2) is 0 Å². The second kappa shape index (κ2) is 6.76. The molecule has 0 bridgehead atoms. The zero-order chi connectivity index (χ0) is 15.2. The molecule has 0 N–H and O–H groups in total. The smallest absolute Gasteiger partial charge is 0.253 e. The minimum atomic E-state index is -0.159. The van der Waals surface area contributed by atoms with Crippen LogP contribution in [0, 0.1) is 17.2 Å². The lowest BCUT2D eigenvalue weighted by Crippen LogP contribution is -2.34. The topological polar surface area (TPSA) is 49.0 Å². The monoisotopic (exact) mass is 281 g/mol. The number of nitrogens with zero attached hydrogens (tertiary/aromatic N) is 3. The van der Waals surface area contributed by atoms with Crippen LogP contribution in [0.2, 0.25) is 0 Å². The average molecular weight is 281 g/mol. The first-order chi connectivity index (χ1) is 10.2. The molecule has 2 aromatic rings. The molecular formula is C17H19N3O. The van der Waals surface area contributed by atoms with Crippen LogP contribution < -0.4 is 0 Å². The van der Waals surface area contributed by atoms with E-state index in [1.165, 1.54) is 0 Å². The Morgan fingerprint density at radius 1 is 1.29 bits per heavy atom. The number of hydrogen-bond donors (Lipinski definition) is 0. The maximum absolute atomic E-state index is 12.4. The molecule has 0 saturated heterocycles. The fraction of sp³-hybridized carbons (Fsp3) is 0.294. The third-order valence-electron chi connectivity index (χ3n) is 3.40. The van der Waals surface area contributed by atoms with Crippen molar-refractivity contribution in [1.82, 2.24) is 9.47 Å². The van der Waals surface area contributed by atoms with Crippen molar-refractivity contribution in [3.05, 3.63) is 54.4 Å². The van der Waals surface area contributed by atoms with Crippen LogP contribution in [-0.4, -0.2) is 28.5 Å². The van der Waals surface area contributed by atoms with Crippen molar-refractivity contribution in [2.45, 2.75) is 13.8 Å². The van der Waals surface area contributed by atoms with Crippen molar-refractivity contribution in [2.75, 3.05) is 13.1 Å². The molecule has 0 aliphatic heterocycles. The Bertz CT molecular complexity index is 623. The first kappa shape index (κ1) is 14.9. The Morgan fingerprint density at radius 2 is 1.90 bits per heavy atom. The standard InChI is InChI=1S/C17H19N3O/c1-3-19(13-14(2)12-18)17(21)15-6-8-16(9-7-15)20-10-4-5-11-20/h4-11,14H,3,13H2,1-2H3/t14-/m0/s1. The summed E-state index contributed by atoms with van der Waals surface area (Å²) in [7, 11) is 0. The van der Waals surface area contributed by atoms with E-state index in [1.54, 1.807) is 4.90 Å². The van der Waals surface area contributed by atoms with E-state index in [1.807, 2.05) is 67.2 Å². The Morgan fingerprint density at radius 3 is 2.43 bits per heavy atom. The summed E-state index contributed by atoms with van der Waals surface area (Å²) in [4.78, 5) is 14.1. The summed E-state index contributed by atoms with van der Waals surface area (Å²) in [5.41, 5.74) is 1.67. The average Bonchev–Trinajstić information content (AvgIpc) is 3.06. The van der Waals surface area contributed by atoms with E-state index in [2.05, 4.69) is 6.07 Å². The highest BCUT2D eigenvalue weighted by Gasteiger charge is 2.16. The fourth-order valence-electron chi connectivity index (χ4n) is 2.19. The number of carbonyl (C=O) groups excluding carboxylic acids is 1. The van der Waals surface area contributed by atoms with Gasteiger partial charge in [-0.05, 0) is 50.2 Å². The highest BCUT2D eigenvalue weighted by Crippen LogP contribution is 2.12. The van der Waals surface area contributed by atoms with Crippen LogP contribution in [0.1, 0.15) is 24.2 Å². The summed E-state index contributed by atoms with van der Waals surface area (Å²) >= 11 is 0. The van der Waals surface area contributed by atoms with Crippen LogP contribution in [0.3, 0.4) is 0 Å². The lowest BCUT2D eigenvalue weighted by molar-refractivity contribution is 0.0752. The third-order valence-corrected chi connectivity index (χ3v) is 3.40. The molecule has 0 fully saturated rings. The van der Waals surface area contributed by atoms with Gasteiger partial charge in [0.2, 0.25) is 0 Å². The van der Waals surface area contributed by atoms with E-state index >= 15 is 0 Å². The van der Waals surface area contributed by atoms with Crippen LogP contribution in [-0.2, 0) is 0 Å². The van der Waals surface area contributed by atoms with Crippen LogP contribution >= 0.6 is 0 Å². The second-order valence-electron chi connectivity index (χ2n) is 5.01. The molecule has 1 aromatic heterocycles. The Labute approximate surface area is 125 Å². The number of aromatic nitrogens is 1. The molecule has 21 heavy (non-hydrogen) atoms. The van der Waals surface area contributed by atoms with Crippen LogP contribution in [0.25, 0.3) is 5.69 Å². The third kappa shape index (κ3) is 3.51. The van der Waals surface area contributed by atoms with E-state index in [0.29, 0.717) is 18.7 Å². The van der Waals surface area contributed by atoms with Gasteiger partial charge in [0.1, 0.15) is 0 Å². The van der Waals surface area contributed by atoms with Gasteiger partial charge in [-0.2, -0.15) is 5.26 Å².